The van der Waals surface area contributed by atoms with E-state index in [0.717, 1.165) is 27.5 Å². The zero-order valence-corrected chi connectivity index (χ0v) is 16.6. The van der Waals surface area contributed by atoms with Gasteiger partial charge in [-0.2, -0.15) is 0 Å². The van der Waals surface area contributed by atoms with E-state index in [-0.39, 0.29) is 0 Å². The number of para-hydroxylation sites is 1. The Morgan fingerprint density at radius 1 is 0.933 bits per heavy atom. The first-order valence-electron chi connectivity index (χ1n) is 9.89. The molecule has 0 saturated carbocycles. The molecule has 5 rings (SSSR count). The van der Waals surface area contributed by atoms with Gasteiger partial charge in [0.25, 0.3) is 0 Å². The summed E-state index contributed by atoms with van der Waals surface area (Å²) < 4.78 is 7.52. The van der Waals surface area contributed by atoms with Gasteiger partial charge in [-0.05, 0) is 43.2 Å². The number of aryl methyl sites for hydroxylation is 2. The summed E-state index contributed by atoms with van der Waals surface area (Å²) in [6.07, 6.45) is -6.38. The third-order valence-electron chi connectivity index (χ3n) is 6.03. The highest BCUT2D eigenvalue weighted by atomic mass is 16.6. The van der Waals surface area contributed by atoms with Gasteiger partial charge in [0, 0.05) is 5.39 Å². The molecule has 8 nitrogen and oxygen atoms in total. The third-order valence-corrected chi connectivity index (χ3v) is 6.03. The van der Waals surface area contributed by atoms with Crippen LogP contribution in [-0.2, 0) is 4.74 Å². The number of benzene rings is 2. The molecule has 2 aromatic heterocycles. The maximum Gasteiger partial charge on any atom is 0.165 e. The van der Waals surface area contributed by atoms with Crippen LogP contribution < -0.4 is 0 Å². The lowest BCUT2D eigenvalue weighted by Gasteiger charge is -2.40. The average Bonchev–Trinajstić information content (AvgIpc) is 3.05. The Morgan fingerprint density at radius 2 is 1.60 bits per heavy atom. The molecule has 2 aromatic carbocycles. The van der Waals surface area contributed by atoms with Gasteiger partial charge in [-0.25, -0.2) is 9.97 Å². The molecule has 1 aliphatic rings. The van der Waals surface area contributed by atoms with E-state index < -0.39 is 37.3 Å². The number of fused-ring (bicyclic) bond motifs is 4. The van der Waals surface area contributed by atoms with Crippen LogP contribution in [-0.4, -0.2) is 66.0 Å². The lowest BCUT2D eigenvalue weighted by Crippen LogP contribution is -2.56. The van der Waals surface area contributed by atoms with Crippen molar-refractivity contribution in [2.75, 3.05) is 6.61 Å². The molecule has 3 heterocycles. The second kappa shape index (κ2) is 6.97. The van der Waals surface area contributed by atoms with Gasteiger partial charge in [0.1, 0.15) is 29.9 Å². The summed E-state index contributed by atoms with van der Waals surface area (Å²) in [6, 6.07) is 11.5. The zero-order chi connectivity index (χ0) is 21.2. The lowest BCUT2D eigenvalue weighted by molar-refractivity contribution is -0.249. The number of aliphatic hydroxyl groups excluding tert-OH is 4. The van der Waals surface area contributed by atoms with Crippen molar-refractivity contribution in [3.63, 3.8) is 0 Å². The molecule has 1 aliphatic heterocycles. The van der Waals surface area contributed by atoms with Crippen molar-refractivity contribution in [3.05, 3.63) is 47.5 Å². The van der Waals surface area contributed by atoms with Crippen LogP contribution in [0.2, 0.25) is 0 Å². The summed E-state index contributed by atoms with van der Waals surface area (Å²) in [7, 11) is 0. The summed E-state index contributed by atoms with van der Waals surface area (Å²) in [5.41, 5.74) is 5.55. The van der Waals surface area contributed by atoms with Crippen LogP contribution in [0.1, 0.15) is 17.4 Å². The number of rotatable bonds is 2. The fourth-order valence-electron chi connectivity index (χ4n) is 4.20. The summed E-state index contributed by atoms with van der Waals surface area (Å²) in [5.74, 6) is 0. The molecule has 5 atom stereocenters. The smallest absolute Gasteiger partial charge is 0.165 e. The minimum absolute atomic E-state index is 0.494. The van der Waals surface area contributed by atoms with Crippen molar-refractivity contribution < 1.29 is 25.2 Å². The highest BCUT2D eigenvalue weighted by Crippen LogP contribution is 2.36. The molecule has 0 spiro atoms. The van der Waals surface area contributed by atoms with Crippen molar-refractivity contribution in [3.8, 4) is 0 Å². The topological polar surface area (TPSA) is 121 Å². The van der Waals surface area contributed by atoms with Gasteiger partial charge >= 0.3 is 0 Å². The molecule has 156 valence electrons. The number of ether oxygens (including phenoxy) is 1. The summed E-state index contributed by atoms with van der Waals surface area (Å²) in [5, 5.41) is 41.6. The third kappa shape index (κ3) is 2.73. The van der Waals surface area contributed by atoms with Gasteiger partial charge < -0.3 is 25.2 Å². The van der Waals surface area contributed by atoms with Crippen LogP contribution in [0.4, 0.5) is 0 Å². The number of hydrogen-bond acceptors (Lipinski definition) is 7. The summed E-state index contributed by atoms with van der Waals surface area (Å²) >= 11 is 0. The van der Waals surface area contributed by atoms with Gasteiger partial charge in [-0.3, -0.25) is 4.57 Å². The van der Waals surface area contributed by atoms with Crippen molar-refractivity contribution in [2.24, 2.45) is 0 Å². The largest absolute Gasteiger partial charge is 0.394 e. The normalized spacial score (nSPS) is 27.3. The van der Waals surface area contributed by atoms with Crippen molar-refractivity contribution in [1.29, 1.82) is 0 Å². The van der Waals surface area contributed by atoms with E-state index >= 15 is 0 Å². The van der Waals surface area contributed by atoms with Gasteiger partial charge in [-0.15, -0.1) is 0 Å². The maximum atomic E-state index is 10.7. The molecule has 8 heteroatoms. The van der Waals surface area contributed by atoms with Gasteiger partial charge in [0.15, 0.2) is 11.9 Å². The predicted molar refractivity (Wildman–Crippen MR) is 111 cm³/mol. The Morgan fingerprint density at radius 3 is 2.30 bits per heavy atom. The number of aromatic nitrogens is 3. The van der Waals surface area contributed by atoms with E-state index in [1.54, 1.807) is 4.57 Å². The fourth-order valence-corrected chi connectivity index (χ4v) is 4.20. The number of aliphatic hydroxyl groups is 4. The molecule has 0 aliphatic carbocycles. The van der Waals surface area contributed by atoms with Crippen LogP contribution in [0.5, 0.6) is 0 Å². The lowest BCUT2D eigenvalue weighted by atomic mass is 9.98. The molecule has 0 radical (unpaired) electrons. The molecule has 0 amide bonds. The van der Waals surface area contributed by atoms with E-state index in [0.29, 0.717) is 16.7 Å². The highest BCUT2D eigenvalue weighted by Gasteiger charge is 2.45. The SMILES string of the molecule is Cc1cc2nc3c4ccccc4n([C@@H]4O[C@H](CO)[C@@H](O)[C@H](O)[C@@H]4O)c3nc2cc1C. The molecular formula is C22H23N3O5. The minimum atomic E-state index is -1.48. The van der Waals surface area contributed by atoms with E-state index in [4.69, 9.17) is 14.7 Å². The monoisotopic (exact) mass is 409 g/mol. The Balaban J connectivity index is 1.82. The Kier molecular flexibility index (Phi) is 4.49. The summed E-state index contributed by atoms with van der Waals surface area (Å²) in [6.45, 7) is 3.54. The molecule has 0 unspecified atom stereocenters. The predicted octanol–water partition coefficient (Wildman–Crippen LogP) is 1.33. The van der Waals surface area contributed by atoms with Crippen LogP contribution in [0.25, 0.3) is 33.1 Å². The average molecular weight is 409 g/mol. The first kappa shape index (κ1) is 19.3. The van der Waals surface area contributed by atoms with Crippen LogP contribution >= 0.6 is 0 Å². The summed E-state index contributed by atoms with van der Waals surface area (Å²) in [4.78, 5) is 9.66. The minimum Gasteiger partial charge on any atom is -0.394 e. The fraction of sp³-hybridized carbons (Fsp3) is 0.364. The van der Waals surface area contributed by atoms with Crippen LogP contribution in [0.3, 0.4) is 0 Å². The molecule has 1 saturated heterocycles. The second-order valence-electron chi connectivity index (χ2n) is 7.93. The van der Waals surface area contributed by atoms with Crippen LogP contribution in [0, 0.1) is 13.8 Å². The Hall–Kier alpha value is -2.62. The number of nitrogens with zero attached hydrogens (tertiary/aromatic N) is 3. The first-order valence-corrected chi connectivity index (χ1v) is 9.89. The molecule has 4 aromatic rings. The van der Waals surface area contributed by atoms with Crippen molar-refractivity contribution in [2.45, 2.75) is 44.5 Å². The van der Waals surface area contributed by atoms with E-state index in [1.807, 2.05) is 50.2 Å². The molecule has 1 fully saturated rings. The maximum absolute atomic E-state index is 10.7. The van der Waals surface area contributed by atoms with E-state index in [1.165, 1.54) is 0 Å². The zero-order valence-electron chi connectivity index (χ0n) is 16.6. The van der Waals surface area contributed by atoms with Gasteiger partial charge in [-0.1, -0.05) is 18.2 Å². The Labute approximate surface area is 172 Å². The van der Waals surface area contributed by atoms with Crippen molar-refractivity contribution in [1.82, 2.24) is 14.5 Å². The van der Waals surface area contributed by atoms with Crippen LogP contribution in [0.15, 0.2) is 36.4 Å². The van der Waals surface area contributed by atoms with Crippen molar-refractivity contribution >= 4 is 33.1 Å². The second-order valence-corrected chi connectivity index (χ2v) is 7.93. The van der Waals surface area contributed by atoms with E-state index in [2.05, 4.69) is 0 Å². The highest BCUT2D eigenvalue weighted by molar-refractivity contribution is 6.06. The molecule has 4 N–H and O–H groups in total. The molecule has 0 bridgehead atoms. The standard InChI is InChI=1S/C22H23N3O5/c1-10-7-13-14(8-11(10)2)24-21-17(23-13)12-5-3-4-6-15(12)25(21)22-20(29)19(28)18(27)16(9-26)30-22/h3-8,16,18-20,22,26-29H,9H2,1-2H3/t16-,18-,19+,20+,22-/m1/s1. The van der Waals surface area contributed by atoms with Gasteiger partial charge in [0.05, 0.1) is 23.2 Å². The van der Waals surface area contributed by atoms with Gasteiger partial charge in [0.2, 0.25) is 0 Å². The first-order chi connectivity index (χ1) is 14.4. The quantitative estimate of drug-likeness (QED) is 0.394. The molecule has 30 heavy (non-hydrogen) atoms. The Bertz CT molecular complexity index is 1270. The number of hydrogen-bond donors (Lipinski definition) is 4. The van der Waals surface area contributed by atoms with E-state index in [9.17, 15) is 20.4 Å². The molecular weight excluding hydrogens is 386 g/mol.